The van der Waals surface area contributed by atoms with Gasteiger partial charge < -0.3 is 4.52 Å². The summed E-state index contributed by atoms with van der Waals surface area (Å²) in [7, 11) is 0. The SMILES string of the molecule is O=C(CCc1nc(-c2ccccc2)no1)NNC(=O)c1ccccc1Cl. The van der Waals surface area contributed by atoms with Crippen LogP contribution in [-0.2, 0) is 11.2 Å². The molecular formula is C18H15ClN4O3. The van der Waals surface area contributed by atoms with Gasteiger partial charge in [0.25, 0.3) is 5.91 Å². The van der Waals surface area contributed by atoms with Crippen molar-refractivity contribution in [3.8, 4) is 11.4 Å². The minimum absolute atomic E-state index is 0.0826. The van der Waals surface area contributed by atoms with Gasteiger partial charge in [-0.15, -0.1) is 0 Å². The number of hydrogen-bond donors (Lipinski definition) is 2. The van der Waals surface area contributed by atoms with Crippen LogP contribution in [0.5, 0.6) is 0 Å². The Bertz CT molecular complexity index is 912. The molecule has 0 bridgehead atoms. The van der Waals surface area contributed by atoms with Crippen molar-refractivity contribution < 1.29 is 14.1 Å². The lowest BCUT2D eigenvalue weighted by molar-refractivity contribution is -0.121. The fourth-order valence-corrected chi connectivity index (χ4v) is 2.40. The average Bonchev–Trinajstić information content (AvgIpc) is 3.14. The molecule has 0 saturated heterocycles. The molecule has 1 aromatic heterocycles. The van der Waals surface area contributed by atoms with Crippen LogP contribution in [0.2, 0.25) is 5.02 Å². The summed E-state index contributed by atoms with van der Waals surface area (Å²) in [5.41, 5.74) is 5.76. The predicted molar refractivity (Wildman–Crippen MR) is 95.1 cm³/mol. The predicted octanol–water partition coefficient (Wildman–Crippen LogP) is 2.78. The topological polar surface area (TPSA) is 97.1 Å². The van der Waals surface area contributed by atoms with Crippen LogP contribution in [0.3, 0.4) is 0 Å². The number of amides is 2. The van der Waals surface area contributed by atoms with Crippen LogP contribution in [0.1, 0.15) is 22.7 Å². The van der Waals surface area contributed by atoms with Gasteiger partial charge in [-0.3, -0.25) is 20.4 Å². The van der Waals surface area contributed by atoms with Crippen molar-refractivity contribution >= 4 is 23.4 Å². The summed E-state index contributed by atoms with van der Waals surface area (Å²) in [6, 6.07) is 15.9. The minimum atomic E-state index is -0.492. The lowest BCUT2D eigenvalue weighted by Crippen LogP contribution is -2.41. The van der Waals surface area contributed by atoms with Gasteiger partial charge in [0.1, 0.15) is 0 Å². The van der Waals surface area contributed by atoms with Crippen molar-refractivity contribution in [1.29, 1.82) is 0 Å². The van der Waals surface area contributed by atoms with Gasteiger partial charge >= 0.3 is 0 Å². The van der Waals surface area contributed by atoms with E-state index in [1.165, 1.54) is 0 Å². The third-order valence-corrected chi connectivity index (χ3v) is 3.83. The van der Waals surface area contributed by atoms with Crippen molar-refractivity contribution in [2.24, 2.45) is 0 Å². The second-order valence-electron chi connectivity index (χ2n) is 5.36. The maximum absolute atomic E-state index is 12.0. The maximum Gasteiger partial charge on any atom is 0.271 e. The van der Waals surface area contributed by atoms with Gasteiger partial charge in [0.05, 0.1) is 10.6 Å². The zero-order valence-electron chi connectivity index (χ0n) is 13.6. The van der Waals surface area contributed by atoms with Crippen molar-refractivity contribution in [2.45, 2.75) is 12.8 Å². The molecule has 0 aliphatic carbocycles. The van der Waals surface area contributed by atoms with Crippen LogP contribution in [-0.4, -0.2) is 22.0 Å². The number of nitrogens with zero attached hydrogens (tertiary/aromatic N) is 2. The highest BCUT2D eigenvalue weighted by atomic mass is 35.5. The highest BCUT2D eigenvalue weighted by Crippen LogP contribution is 2.15. The van der Waals surface area contributed by atoms with Gasteiger partial charge in [-0.25, -0.2) is 0 Å². The summed E-state index contributed by atoms with van der Waals surface area (Å²) in [4.78, 5) is 28.1. The molecule has 132 valence electrons. The quantitative estimate of drug-likeness (QED) is 0.673. The zero-order valence-corrected chi connectivity index (χ0v) is 14.4. The van der Waals surface area contributed by atoms with Crippen molar-refractivity contribution in [3.05, 3.63) is 71.1 Å². The van der Waals surface area contributed by atoms with E-state index in [2.05, 4.69) is 21.0 Å². The molecule has 2 amide bonds. The van der Waals surface area contributed by atoms with Crippen LogP contribution >= 0.6 is 11.6 Å². The first-order chi connectivity index (χ1) is 12.6. The second-order valence-corrected chi connectivity index (χ2v) is 5.77. The zero-order chi connectivity index (χ0) is 18.4. The Balaban J connectivity index is 1.48. The molecule has 26 heavy (non-hydrogen) atoms. The number of hydrogen-bond acceptors (Lipinski definition) is 5. The minimum Gasteiger partial charge on any atom is -0.339 e. The van der Waals surface area contributed by atoms with E-state index < -0.39 is 5.91 Å². The van der Waals surface area contributed by atoms with Crippen molar-refractivity contribution in [1.82, 2.24) is 21.0 Å². The summed E-state index contributed by atoms with van der Waals surface area (Å²) >= 11 is 5.93. The van der Waals surface area contributed by atoms with Gasteiger partial charge in [-0.1, -0.05) is 59.2 Å². The normalized spacial score (nSPS) is 10.3. The van der Waals surface area contributed by atoms with Gasteiger partial charge in [-0.2, -0.15) is 4.98 Å². The molecule has 0 aliphatic heterocycles. The van der Waals surface area contributed by atoms with Gasteiger partial charge in [0.15, 0.2) is 0 Å². The molecule has 2 N–H and O–H groups in total. The first kappa shape index (κ1) is 17.6. The van der Waals surface area contributed by atoms with Crippen LogP contribution in [0.25, 0.3) is 11.4 Å². The number of hydrazine groups is 1. The molecule has 2 aromatic carbocycles. The second kappa shape index (κ2) is 8.26. The summed E-state index contributed by atoms with van der Waals surface area (Å²) < 4.78 is 5.13. The lowest BCUT2D eigenvalue weighted by Gasteiger charge is -2.07. The van der Waals surface area contributed by atoms with Crippen molar-refractivity contribution in [2.75, 3.05) is 0 Å². The third kappa shape index (κ3) is 4.46. The van der Waals surface area contributed by atoms with E-state index in [-0.39, 0.29) is 24.3 Å². The Morgan fingerprint density at radius 3 is 2.50 bits per heavy atom. The Hall–Kier alpha value is -3.19. The fraction of sp³-hybridized carbons (Fsp3) is 0.111. The molecule has 7 nitrogen and oxygen atoms in total. The molecule has 3 aromatic rings. The molecule has 1 heterocycles. The summed E-state index contributed by atoms with van der Waals surface area (Å²) in [5, 5.41) is 4.19. The Labute approximate surface area is 154 Å². The maximum atomic E-state index is 12.0. The number of aromatic nitrogens is 2. The average molecular weight is 371 g/mol. The molecule has 0 radical (unpaired) electrons. The van der Waals surface area contributed by atoms with Gasteiger partial charge in [0.2, 0.25) is 17.6 Å². The number of halogens is 1. The molecule has 0 aliphatic rings. The molecule has 8 heteroatoms. The number of benzene rings is 2. The molecule has 3 rings (SSSR count). The third-order valence-electron chi connectivity index (χ3n) is 3.50. The Morgan fingerprint density at radius 1 is 1.00 bits per heavy atom. The smallest absolute Gasteiger partial charge is 0.271 e. The summed E-state index contributed by atoms with van der Waals surface area (Å²) in [6.45, 7) is 0. The Morgan fingerprint density at radius 2 is 1.73 bits per heavy atom. The molecular weight excluding hydrogens is 356 g/mol. The highest BCUT2D eigenvalue weighted by Gasteiger charge is 2.13. The number of carbonyl (C=O) groups excluding carboxylic acids is 2. The molecule has 0 spiro atoms. The number of rotatable bonds is 5. The first-order valence-corrected chi connectivity index (χ1v) is 8.23. The Kier molecular flexibility index (Phi) is 5.60. The highest BCUT2D eigenvalue weighted by molar-refractivity contribution is 6.33. The molecule has 0 atom stereocenters. The van der Waals surface area contributed by atoms with E-state index >= 15 is 0 Å². The largest absolute Gasteiger partial charge is 0.339 e. The van der Waals surface area contributed by atoms with E-state index in [0.29, 0.717) is 16.7 Å². The first-order valence-electron chi connectivity index (χ1n) is 7.85. The van der Waals surface area contributed by atoms with Crippen LogP contribution in [0.4, 0.5) is 0 Å². The van der Waals surface area contributed by atoms with Gasteiger partial charge in [0, 0.05) is 18.4 Å². The monoisotopic (exact) mass is 370 g/mol. The molecule has 0 fully saturated rings. The van der Waals surface area contributed by atoms with E-state index in [1.807, 2.05) is 30.3 Å². The van der Waals surface area contributed by atoms with Crippen LogP contribution in [0.15, 0.2) is 59.1 Å². The number of carbonyl (C=O) groups is 2. The lowest BCUT2D eigenvalue weighted by atomic mass is 10.2. The standard InChI is InChI=1S/C18H15ClN4O3/c19-14-9-5-4-8-13(14)18(25)22-21-15(24)10-11-16-20-17(23-26-16)12-6-2-1-3-7-12/h1-9H,10-11H2,(H,21,24)(H,22,25). The number of nitrogens with one attached hydrogen (secondary N) is 2. The fourth-order valence-electron chi connectivity index (χ4n) is 2.18. The van der Waals surface area contributed by atoms with Crippen LogP contribution in [0, 0.1) is 0 Å². The van der Waals surface area contributed by atoms with E-state index in [4.69, 9.17) is 16.1 Å². The molecule has 0 saturated carbocycles. The van der Waals surface area contributed by atoms with E-state index in [0.717, 1.165) is 5.56 Å². The summed E-state index contributed by atoms with van der Waals surface area (Å²) in [5.74, 6) is -0.0672. The van der Waals surface area contributed by atoms with E-state index in [1.54, 1.807) is 24.3 Å². The number of aryl methyl sites for hydroxylation is 1. The van der Waals surface area contributed by atoms with Crippen LogP contribution < -0.4 is 10.9 Å². The van der Waals surface area contributed by atoms with Gasteiger partial charge in [-0.05, 0) is 12.1 Å². The van der Waals surface area contributed by atoms with E-state index in [9.17, 15) is 9.59 Å². The molecule has 0 unspecified atom stereocenters. The summed E-state index contributed by atoms with van der Waals surface area (Å²) in [6.07, 6.45) is 0.340. The van der Waals surface area contributed by atoms with Crippen molar-refractivity contribution in [3.63, 3.8) is 0 Å².